The first-order valence-corrected chi connectivity index (χ1v) is 10.2. The van der Waals surface area contributed by atoms with Crippen molar-refractivity contribution >= 4 is 5.78 Å². The van der Waals surface area contributed by atoms with E-state index >= 15 is 0 Å². The first-order chi connectivity index (χ1) is 13.6. The Morgan fingerprint density at radius 1 is 1.07 bits per heavy atom. The molecule has 1 heterocycles. The lowest BCUT2D eigenvalue weighted by atomic mass is 10.0. The van der Waals surface area contributed by atoms with E-state index in [0.29, 0.717) is 6.42 Å². The number of carbonyl (C=O) groups excluding carboxylic acids is 1. The van der Waals surface area contributed by atoms with Gasteiger partial charge in [-0.05, 0) is 68.7 Å². The monoisotopic (exact) mass is 380 g/mol. The van der Waals surface area contributed by atoms with Gasteiger partial charge in [0.2, 0.25) is 0 Å². The van der Waals surface area contributed by atoms with E-state index in [-0.39, 0.29) is 5.78 Å². The SMILES string of the molecule is COc1ccccc1CCN(C)CCCCC(=O)c1ccc2c(c1)CN(C)C2. The molecular weight excluding hydrogens is 348 g/mol. The molecule has 0 aliphatic carbocycles. The van der Waals surface area contributed by atoms with Crippen molar-refractivity contribution in [3.63, 3.8) is 0 Å². The Kier molecular flexibility index (Phi) is 7.24. The Bertz CT molecular complexity index is 803. The number of para-hydroxylation sites is 1. The summed E-state index contributed by atoms with van der Waals surface area (Å²) in [6, 6.07) is 14.4. The van der Waals surface area contributed by atoms with Crippen LogP contribution in [0.3, 0.4) is 0 Å². The lowest BCUT2D eigenvalue weighted by Crippen LogP contribution is -2.22. The predicted molar refractivity (Wildman–Crippen MR) is 114 cm³/mol. The number of ketones is 1. The Morgan fingerprint density at radius 2 is 1.86 bits per heavy atom. The second-order valence-corrected chi connectivity index (χ2v) is 7.90. The first kappa shape index (κ1) is 20.6. The Balaban J connectivity index is 1.37. The minimum absolute atomic E-state index is 0.272. The van der Waals surface area contributed by atoms with Crippen molar-refractivity contribution in [1.82, 2.24) is 9.80 Å². The third-order valence-electron chi connectivity index (χ3n) is 5.56. The lowest BCUT2D eigenvalue weighted by molar-refractivity contribution is 0.0978. The van der Waals surface area contributed by atoms with Crippen LogP contribution in [0, 0.1) is 0 Å². The summed E-state index contributed by atoms with van der Waals surface area (Å²) in [4.78, 5) is 17.1. The van der Waals surface area contributed by atoms with E-state index < -0.39 is 0 Å². The predicted octanol–water partition coefficient (Wildman–Crippen LogP) is 4.17. The molecule has 28 heavy (non-hydrogen) atoms. The highest BCUT2D eigenvalue weighted by atomic mass is 16.5. The van der Waals surface area contributed by atoms with Gasteiger partial charge in [-0.25, -0.2) is 0 Å². The molecule has 0 fully saturated rings. The molecule has 150 valence electrons. The third kappa shape index (κ3) is 5.43. The summed E-state index contributed by atoms with van der Waals surface area (Å²) < 4.78 is 5.42. The highest BCUT2D eigenvalue weighted by Gasteiger charge is 2.17. The van der Waals surface area contributed by atoms with Crippen LogP contribution in [0.15, 0.2) is 42.5 Å². The number of likely N-dealkylation sites (N-methyl/N-ethyl adjacent to an activating group) is 1. The molecule has 2 aromatic carbocycles. The van der Waals surface area contributed by atoms with Gasteiger partial charge in [-0.15, -0.1) is 0 Å². The van der Waals surface area contributed by atoms with Crippen molar-refractivity contribution in [2.75, 3.05) is 34.3 Å². The quantitative estimate of drug-likeness (QED) is 0.457. The smallest absolute Gasteiger partial charge is 0.162 e. The van der Waals surface area contributed by atoms with Gasteiger partial charge in [-0.3, -0.25) is 9.69 Å². The van der Waals surface area contributed by atoms with Gasteiger partial charge in [0.05, 0.1) is 7.11 Å². The van der Waals surface area contributed by atoms with E-state index in [1.807, 2.05) is 18.2 Å². The summed E-state index contributed by atoms with van der Waals surface area (Å²) in [6.45, 7) is 3.95. The van der Waals surface area contributed by atoms with Crippen molar-refractivity contribution in [3.05, 3.63) is 64.7 Å². The number of ether oxygens (including phenoxy) is 1. The molecule has 0 saturated heterocycles. The molecule has 0 spiro atoms. The van der Waals surface area contributed by atoms with Gasteiger partial charge in [-0.2, -0.15) is 0 Å². The van der Waals surface area contributed by atoms with Crippen molar-refractivity contribution < 1.29 is 9.53 Å². The number of rotatable bonds is 10. The number of methoxy groups -OCH3 is 1. The van der Waals surface area contributed by atoms with Gasteiger partial charge in [-0.1, -0.05) is 30.3 Å². The maximum absolute atomic E-state index is 12.5. The number of Topliss-reactive ketones (excluding diaryl/α,β-unsaturated/α-hetero) is 1. The van der Waals surface area contributed by atoms with Crippen molar-refractivity contribution in [1.29, 1.82) is 0 Å². The minimum Gasteiger partial charge on any atom is -0.496 e. The lowest BCUT2D eigenvalue weighted by Gasteiger charge is -2.17. The molecular formula is C24H32N2O2. The average molecular weight is 381 g/mol. The summed E-state index contributed by atoms with van der Waals surface area (Å²) in [5.74, 6) is 1.23. The molecule has 3 rings (SSSR count). The molecule has 0 saturated carbocycles. The molecule has 0 unspecified atom stereocenters. The second-order valence-electron chi connectivity index (χ2n) is 7.90. The molecule has 0 atom stereocenters. The second kappa shape index (κ2) is 9.85. The maximum atomic E-state index is 12.5. The summed E-state index contributed by atoms with van der Waals surface area (Å²) in [7, 11) is 5.99. The highest BCUT2D eigenvalue weighted by molar-refractivity contribution is 5.96. The van der Waals surface area contributed by atoms with Crippen LogP contribution in [0.2, 0.25) is 0 Å². The number of unbranched alkanes of at least 4 members (excludes halogenated alkanes) is 1. The van der Waals surface area contributed by atoms with Crippen LogP contribution in [0.5, 0.6) is 5.75 Å². The Hall–Kier alpha value is -2.17. The van der Waals surface area contributed by atoms with Crippen molar-refractivity contribution in [2.45, 2.75) is 38.8 Å². The molecule has 0 radical (unpaired) electrons. The molecule has 4 heteroatoms. The van der Waals surface area contributed by atoms with Gasteiger partial charge >= 0.3 is 0 Å². The normalized spacial score (nSPS) is 13.7. The van der Waals surface area contributed by atoms with Gasteiger partial charge in [0, 0.05) is 31.6 Å². The average Bonchev–Trinajstić information content (AvgIpc) is 3.08. The molecule has 1 aliphatic heterocycles. The molecule has 4 nitrogen and oxygen atoms in total. The zero-order chi connectivity index (χ0) is 19.9. The fourth-order valence-corrected chi connectivity index (χ4v) is 3.88. The van der Waals surface area contributed by atoms with E-state index in [1.54, 1.807) is 7.11 Å². The van der Waals surface area contributed by atoms with Gasteiger partial charge in [0.15, 0.2) is 5.78 Å². The van der Waals surface area contributed by atoms with Gasteiger partial charge < -0.3 is 9.64 Å². The number of hydrogen-bond acceptors (Lipinski definition) is 4. The molecule has 0 amide bonds. The van der Waals surface area contributed by atoms with Crippen LogP contribution in [0.4, 0.5) is 0 Å². The summed E-state index contributed by atoms with van der Waals surface area (Å²) in [5, 5.41) is 0. The van der Waals surface area contributed by atoms with Crippen LogP contribution in [0.1, 0.15) is 46.3 Å². The van der Waals surface area contributed by atoms with Crippen molar-refractivity contribution in [2.24, 2.45) is 0 Å². The Labute approximate surface area is 169 Å². The maximum Gasteiger partial charge on any atom is 0.162 e. The molecule has 0 N–H and O–H groups in total. The molecule has 2 aromatic rings. The van der Waals surface area contributed by atoms with E-state index in [2.05, 4.69) is 48.2 Å². The summed E-state index contributed by atoms with van der Waals surface area (Å²) >= 11 is 0. The topological polar surface area (TPSA) is 32.8 Å². The van der Waals surface area contributed by atoms with Crippen LogP contribution in [0.25, 0.3) is 0 Å². The van der Waals surface area contributed by atoms with E-state index in [9.17, 15) is 4.79 Å². The van der Waals surface area contributed by atoms with Crippen LogP contribution < -0.4 is 4.74 Å². The van der Waals surface area contributed by atoms with Gasteiger partial charge in [0.25, 0.3) is 0 Å². The van der Waals surface area contributed by atoms with Crippen LogP contribution in [-0.4, -0.2) is 49.9 Å². The molecule has 0 aromatic heterocycles. The van der Waals surface area contributed by atoms with E-state index in [4.69, 9.17) is 4.74 Å². The zero-order valence-electron chi connectivity index (χ0n) is 17.4. The summed E-state index contributed by atoms with van der Waals surface area (Å²) in [6.07, 6.45) is 3.59. The van der Waals surface area contributed by atoms with Crippen molar-refractivity contribution in [3.8, 4) is 5.75 Å². The summed E-state index contributed by atoms with van der Waals surface area (Å²) in [5.41, 5.74) is 4.79. The van der Waals surface area contributed by atoms with Gasteiger partial charge in [0.1, 0.15) is 5.75 Å². The first-order valence-electron chi connectivity index (χ1n) is 10.2. The minimum atomic E-state index is 0.272. The fourth-order valence-electron chi connectivity index (χ4n) is 3.88. The number of benzene rings is 2. The number of carbonyl (C=O) groups is 1. The number of nitrogens with zero attached hydrogens (tertiary/aromatic N) is 2. The zero-order valence-corrected chi connectivity index (χ0v) is 17.4. The van der Waals surface area contributed by atoms with Crippen LogP contribution in [-0.2, 0) is 19.5 Å². The van der Waals surface area contributed by atoms with E-state index in [1.165, 1.54) is 16.7 Å². The fraction of sp³-hybridized carbons (Fsp3) is 0.458. The molecule has 0 bridgehead atoms. The van der Waals surface area contributed by atoms with Crippen LogP contribution >= 0.6 is 0 Å². The third-order valence-corrected chi connectivity index (χ3v) is 5.56. The molecule has 1 aliphatic rings. The highest BCUT2D eigenvalue weighted by Crippen LogP contribution is 2.23. The number of fused-ring (bicyclic) bond motifs is 1. The Morgan fingerprint density at radius 3 is 2.68 bits per heavy atom. The standard InChI is InChI=1S/C24H32N2O2/c1-25(15-13-19-8-4-5-10-24(19)28-3)14-7-6-9-23(27)20-11-12-21-17-26(2)18-22(21)16-20/h4-5,8,10-12,16H,6-7,9,13-15,17-18H2,1-3H3. The number of hydrogen-bond donors (Lipinski definition) is 0. The largest absolute Gasteiger partial charge is 0.496 e. The van der Waals surface area contributed by atoms with E-state index in [0.717, 1.165) is 56.8 Å².